The van der Waals surface area contributed by atoms with Crippen molar-refractivity contribution in [2.24, 2.45) is 5.92 Å². The number of carbonyl (C=O) groups excluding carboxylic acids is 2. The van der Waals surface area contributed by atoms with Crippen molar-refractivity contribution in [2.45, 2.75) is 13.3 Å². The van der Waals surface area contributed by atoms with Crippen LogP contribution in [-0.2, 0) is 9.59 Å². The topological polar surface area (TPSA) is 49.4 Å². The van der Waals surface area contributed by atoms with Crippen LogP contribution in [0.2, 0.25) is 10.0 Å². The molecule has 2 rings (SSSR count). The summed E-state index contributed by atoms with van der Waals surface area (Å²) in [6.07, 6.45) is 0.248. The van der Waals surface area contributed by atoms with E-state index in [0.717, 1.165) is 0 Å². The Balaban J connectivity index is 2.06. The second kappa shape index (κ2) is 5.80. The number of amides is 2. The summed E-state index contributed by atoms with van der Waals surface area (Å²) in [6.45, 7) is 2.98. The first kappa shape index (κ1) is 14.2. The van der Waals surface area contributed by atoms with Crippen LogP contribution in [0.3, 0.4) is 0 Å². The van der Waals surface area contributed by atoms with E-state index in [9.17, 15) is 9.59 Å². The Bertz CT molecular complexity index is 519. The average molecular weight is 301 g/mol. The van der Waals surface area contributed by atoms with Gasteiger partial charge in [-0.1, -0.05) is 29.3 Å². The highest BCUT2D eigenvalue weighted by Crippen LogP contribution is 2.30. The van der Waals surface area contributed by atoms with Crippen molar-refractivity contribution < 1.29 is 9.59 Å². The lowest BCUT2D eigenvalue weighted by atomic mass is 10.1. The van der Waals surface area contributed by atoms with Gasteiger partial charge in [0.25, 0.3) is 0 Å². The molecule has 0 bridgehead atoms. The monoisotopic (exact) mass is 300 g/mol. The van der Waals surface area contributed by atoms with Crippen LogP contribution in [-0.4, -0.2) is 29.8 Å². The number of hydrogen-bond acceptors (Lipinski definition) is 2. The number of likely N-dealkylation sites (tertiary alicyclic amines) is 1. The quantitative estimate of drug-likeness (QED) is 0.933. The second-order valence-corrected chi connectivity index (χ2v) is 5.21. The number of hydrogen-bond donors (Lipinski definition) is 1. The minimum absolute atomic E-state index is 0.0137. The Morgan fingerprint density at radius 1 is 1.47 bits per heavy atom. The van der Waals surface area contributed by atoms with E-state index >= 15 is 0 Å². The van der Waals surface area contributed by atoms with Gasteiger partial charge in [0.15, 0.2) is 0 Å². The Morgan fingerprint density at radius 2 is 2.21 bits per heavy atom. The van der Waals surface area contributed by atoms with Crippen molar-refractivity contribution in [3.63, 3.8) is 0 Å². The molecule has 0 saturated carbocycles. The van der Waals surface area contributed by atoms with Gasteiger partial charge in [-0.2, -0.15) is 0 Å². The molecule has 0 aromatic heterocycles. The minimum atomic E-state index is -0.331. The molecule has 1 aromatic rings. The van der Waals surface area contributed by atoms with E-state index in [4.69, 9.17) is 23.2 Å². The number of benzene rings is 1. The average Bonchev–Trinajstić information content (AvgIpc) is 2.76. The molecule has 1 aromatic carbocycles. The molecule has 1 saturated heterocycles. The zero-order valence-electron chi connectivity index (χ0n) is 10.5. The van der Waals surface area contributed by atoms with Crippen molar-refractivity contribution in [1.29, 1.82) is 0 Å². The molecule has 6 heteroatoms. The predicted octanol–water partition coefficient (Wildman–Crippen LogP) is 2.80. The first-order valence-electron chi connectivity index (χ1n) is 6.05. The third-order valence-electron chi connectivity index (χ3n) is 3.18. The highest BCUT2D eigenvalue weighted by Gasteiger charge is 2.33. The summed E-state index contributed by atoms with van der Waals surface area (Å²) < 4.78 is 0. The molecule has 19 heavy (non-hydrogen) atoms. The van der Waals surface area contributed by atoms with Gasteiger partial charge in [-0.05, 0) is 19.1 Å². The molecule has 1 atom stereocenters. The van der Waals surface area contributed by atoms with Crippen molar-refractivity contribution in [1.82, 2.24) is 4.90 Å². The lowest BCUT2D eigenvalue weighted by Crippen LogP contribution is -2.28. The Labute approximate surface area is 121 Å². The van der Waals surface area contributed by atoms with Gasteiger partial charge in [0, 0.05) is 19.5 Å². The summed E-state index contributed by atoms with van der Waals surface area (Å²) in [7, 11) is 0. The van der Waals surface area contributed by atoms with Crippen LogP contribution in [0.25, 0.3) is 0 Å². The summed E-state index contributed by atoms with van der Waals surface area (Å²) in [6, 6.07) is 5.04. The molecule has 1 fully saturated rings. The van der Waals surface area contributed by atoms with Gasteiger partial charge in [0.2, 0.25) is 11.8 Å². The van der Waals surface area contributed by atoms with Gasteiger partial charge >= 0.3 is 0 Å². The van der Waals surface area contributed by atoms with E-state index < -0.39 is 0 Å². The lowest BCUT2D eigenvalue weighted by molar-refractivity contribution is -0.128. The van der Waals surface area contributed by atoms with Crippen LogP contribution in [0.15, 0.2) is 18.2 Å². The predicted molar refractivity (Wildman–Crippen MR) is 75.5 cm³/mol. The van der Waals surface area contributed by atoms with Gasteiger partial charge in [0.1, 0.15) is 0 Å². The molecule has 1 N–H and O–H groups in total. The molecule has 0 radical (unpaired) electrons. The van der Waals surface area contributed by atoms with Gasteiger partial charge in [-0.15, -0.1) is 0 Å². The maximum atomic E-state index is 12.1. The third kappa shape index (κ3) is 3.01. The first-order chi connectivity index (χ1) is 9.02. The van der Waals surface area contributed by atoms with Gasteiger partial charge in [-0.25, -0.2) is 0 Å². The van der Waals surface area contributed by atoms with Gasteiger partial charge in [0.05, 0.1) is 21.7 Å². The Kier molecular flexibility index (Phi) is 4.32. The van der Waals surface area contributed by atoms with Crippen LogP contribution in [0, 0.1) is 5.92 Å². The molecule has 1 heterocycles. The number of nitrogens with zero attached hydrogens (tertiary/aromatic N) is 1. The fourth-order valence-electron chi connectivity index (χ4n) is 2.09. The molecule has 1 unspecified atom stereocenters. The highest BCUT2D eigenvalue weighted by atomic mass is 35.5. The van der Waals surface area contributed by atoms with E-state index in [-0.39, 0.29) is 24.2 Å². The standard InChI is InChI=1S/C13H14Cl2N2O2/c1-2-17-7-8(6-11(17)18)13(19)16-10-5-3-4-9(14)12(10)15/h3-5,8H,2,6-7H2,1H3,(H,16,19). The van der Waals surface area contributed by atoms with Crippen LogP contribution >= 0.6 is 23.2 Å². The molecule has 1 aliphatic heterocycles. The smallest absolute Gasteiger partial charge is 0.229 e. The summed E-state index contributed by atoms with van der Waals surface area (Å²) in [4.78, 5) is 25.4. The number of halogens is 2. The zero-order chi connectivity index (χ0) is 14.0. The minimum Gasteiger partial charge on any atom is -0.342 e. The Hall–Kier alpha value is -1.26. The van der Waals surface area contributed by atoms with Crippen molar-refractivity contribution >= 4 is 40.7 Å². The van der Waals surface area contributed by atoms with Crippen LogP contribution in [0.1, 0.15) is 13.3 Å². The van der Waals surface area contributed by atoms with Crippen LogP contribution in [0.4, 0.5) is 5.69 Å². The number of carbonyl (C=O) groups is 2. The van der Waals surface area contributed by atoms with E-state index in [2.05, 4.69) is 5.32 Å². The summed E-state index contributed by atoms with van der Waals surface area (Å²) in [5.41, 5.74) is 0.474. The zero-order valence-corrected chi connectivity index (χ0v) is 12.0. The van der Waals surface area contributed by atoms with E-state index in [0.29, 0.717) is 28.8 Å². The van der Waals surface area contributed by atoms with Crippen LogP contribution < -0.4 is 5.32 Å². The third-order valence-corrected chi connectivity index (χ3v) is 4.00. The van der Waals surface area contributed by atoms with Crippen molar-refractivity contribution in [3.05, 3.63) is 28.2 Å². The highest BCUT2D eigenvalue weighted by molar-refractivity contribution is 6.44. The molecule has 102 valence electrons. The van der Waals surface area contributed by atoms with Crippen LogP contribution in [0.5, 0.6) is 0 Å². The van der Waals surface area contributed by atoms with Gasteiger partial charge < -0.3 is 10.2 Å². The first-order valence-corrected chi connectivity index (χ1v) is 6.81. The largest absolute Gasteiger partial charge is 0.342 e. The molecule has 4 nitrogen and oxygen atoms in total. The lowest BCUT2D eigenvalue weighted by Gasteiger charge is -2.14. The number of anilines is 1. The molecule has 0 aliphatic carbocycles. The summed E-state index contributed by atoms with van der Waals surface area (Å²) in [5, 5.41) is 3.42. The molecule has 0 spiro atoms. The van der Waals surface area contributed by atoms with E-state index in [1.165, 1.54) is 0 Å². The second-order valence-electron chi connectivity index (χ2n) is 4.42. The normalized spacial score (nSPS) is 18.8. The fourth-order valence-corrected chi connectivity index (χ4v) is 2.44. The Morgan fingerprint density at radius 3 is 2.84 bits per heavy atom. The molecule has 2 amide bonds. The molecule has 1 aliphatic rings. The van der Waals surface area contributed by atoms with Crippen molar-refractivity contribution in [2.75, 3.05) is 18.4 Å². The summed E-state index contributed by atoms with van der Waals surface area (Å²) >= 11 is 11.9. The van der Waals surface area contributed by atoms with Gasteiger partial charge in [-0.3, -0.25) is 9.59 Å². The fraction of sp³-hybridized carbons (Fsp3) is 0.385. The number of rotatable bonds is 3. The van der Waals surface area contributed by atoms with Crippen molar-refractivity contribution in [3.8, 4) is 0 Å². The maximum absolute atomic E-state index is 12.1. The molecular formula is C13H14Cl2N2O2. The molecular weight excluding hydrogens is 287 g/mol. The maximum Gasteiger partial charge on any atom is 0.229 e. The summed E-state index contributed by atoms with van der Waals surface area (Å²) in [5.74, 6) is -0.518. The van der Waals surface area contributed by atoms with E-state index in [1.807, 2.05) is 6.92 Å². The SMILES string of the molecule is CCN1CC(C(=O)Nc2cccc(Cl)c2Cl)CC1=O. The van der Waals surface area contributed by atoms with E-state index in [1.54, 1.807) is 23.1 Å². The number of nitrogens with one attached hydrogen (secondary N) is 1.